The molecule has 1 aromatic carbocycles. The molecule has 1 heterocycles. The number of rotatable bonds is 6. The molecule has 2 rings (SSSR count). The van der Waals surface area contributed by atoms with Crippen molar-refractivity contribution in [3.63, 3.8) is 0 Å². The Morgan fingerprint density at radius 3 is 2.77 bits per heavy atom. The fourth-order valence-electron chi connectivity index (χ4n) is 1.64. The van der Waals surface area contributed by atoms with Gasteiger partial charge in [-0.2, -0.15) is 0 Å². The molecule has 7 heteroatoms. The first-order valence-electron chi connectivity index (χ1n) is 6.90. The Morgan fingerprint density at radius 2 is 2.05 bits per heavy atom. The number of thioether (sulfide) groups is 1. The van der Waals surface area contributed by atoms with Crippen LogP contribution in [-0.2, 0) is 4.79 Å². The highest BCUT2D eigenvalue weighted by Crippen LogP contribution is 2.27. The number of hydrogen-bond donors (Lipinski definition) is 2. The van der Waals surface area contributed by atoms with Crippen molar-refractivity contribution in [2.45, 2.75) is 17.7 Å². The summed E-state index contributed by atoms with van der Waals surface area (Å²) in [4.78, 5) is 27.5. The van der Waals surface area contributed by atoms with Crippen molar-refractivity contribution < 1.29 is 9.59 Å². The molecule has 0 radical (unpaired) electrons. The zero-order chi connectivity index (χ0) is 15.8. The monoisotopic (exact) mass is 335 g/mol. The van der Waals surface area contributed by atoms with Gasteiger partial charge in [-0.1, -0.05) is 49.0 Å². The fourth-order valence-corrected chi connectivity index (χ4v) is 3.27. The van der Waals surface area contributed by atoms with Gasteiger partial charge in [-0.3, -0.25) is 10.1 Å². The molecule has 0 aliphatic rings. The molecule has 2 aromatic rings. The van der Waals surface area contributed by atoms with Crippen LogP contribution in [0.1, 0.15) is 13.3 Å². The maximum absolute atomic E-state index is 11.7. The average molecular weight is 335 g/mol. The van der Waals surface area contributed by atoms with Crippen molar-refractivity contribution in [2.75, 3.05) is 12.3 Å². The van der Waals surface area contributed by atoms with Crippen LogP contribution >= 0.6 is 23.1 Å². The summed E-state index contributed by atoms with van der Waals surface area (Å²) in [6, 6.07) is 9.42. The highest BCUT2D eigenvalue weighted by molar-refractivity contribution is 8.01. The lowest BCUT2D eigenvalue weighted by atomic mass is 10.2. The number of urea groups is 1. The topological polar surface area (TPSA) is 71.1 Å². The third kappa shape index (κ3) is 5.16. The smallest absolute Gasteiger partial charge is 0.321 e. The minimum Gasteiger partial charge on any atom is -0.338 e. The van der Waals surface area contributed by atoms with Crippen LogP contribution in [0.15, 0.2) is 40.1 Å². The van der Waals surface area contributed by atoms with E-state index in [2.05, 4.69) is 15.6 Å². The van der Waals surface area contributed by atoms with Gasteiger partial charge in [0.1, 0.15) is 0 Å². The third-order valence-electron chi connectivity index (χ3n) is 2.67. The van der Waals surface area contributed by atoms with E-state index in [-0.39, 0.29) is 11.7 Å². The fraction of sp³-hybridized carbons (Fsp3) is 0.267. The summed E-state index contributed by atoms with van der Waals surface area (Å²) in [6.07, 6.45) is 0.831. The zero-order valence-corrected chi connectivity index (χ0v) is 13.8. The van der Waals surface area contributed by atoms with Crippen LogP contribution in [0, 0.1) is 0 Å². The van der Waals surface area contributed by atoms with Gasteiger partial charge in [0.2, 0.25) is 5.91 Å². The first-order chi connectivity index (χ1) is 10.7. The first-order valence-corrected chi connectivity index (χ1v) is 8.77. The molecule has 5 nitrogen and oxygen atoms in total. The Bertz CT molecular complexity index is 629. The van der Waals surface area contributed by atoms with Crippen molar-refractivity contribution >= 4 is 35.0 Å². The van der Waals surface area contributed by atoms with Gasteiger partial charge in [0.25, 0.3) is 0 Å². The number of aromatic nitrogens is 1. The Balaban J connectivity index is 1.81. The van der Waals surface area contributed by atoms with E-state index in [1.165, 1.54) is 23.1 Å². The summed E-state index contributed by atoms with van der Waals surface area (Å²) in [5.41, 5.74) is 1.95. The van der Waals surface area contributed by atoms with Gasteiger partial charge in [0.05, 0.1) is 11.4 Å². The number of imide groups is 1. The molecular formula is C15H17N3O2S2. The van der Waals surface area contributed by atoms with Gasteiger partial charge in [0, 0.05) is 17.5 Å². The second kappa shape index (κ2) is 8.55. The largest absolute Gasteiger partial charge is 0.338 e. The summed E-state index contributed by atoms with van der Waals surface area (Å²) < 4.78 is 0.808. The number of carbonyl (C=O) groups is 2. The average Bonchev–Trinajstić information content (AvgIpc) is 3.01. The third-order valence-corrected chi connectivity index (χ3v) is 4.69. The molecule has 0 aliphatic carbocycles. The highest BCUT2D eigenvalue weighted by Gasteiger charge is 2.10. The molecular weight excluding hydrogens is 318 g/mol. The SMILES string of the molecule is CCCNC(=O)NC(=O)CSc1nc(-c2ccccc2)cs1. The molecule has 0 aliphatic heterocycles. The molecule has 0 bridgehead atoms. The lowest BCUT2D eigenvalue weighted by Gasteiger charge is -2.04. The summed E-state index contributed by atoms with van der Waals surface area (Å²) >= 11 is 2.82. The predicted molar refractivity (Wildman–Crippen MR) is 90.1 cm³/mol. The molecule has 2 N–H and O–H groups in total. The van der Waals surface area contributed by atoms with E-state index in [9.17, 15) is 9.59 Å². The molecule has 0 saturated carbocycles. The minimum atomic E-state index is -0.448. The number of nitrogens with zero attached hydrogens (tertiary/aromatic N) is 1. The van der Waals surface area contributed by atoms with E-state index in [1.807, 2.05) is 42.6 Å². The summed E-state index contributed by atoms with van der Waals surface area (Å²) in [7, 11) is 0. The minimum absolute atomic E-state index is 0.168. The maximum Gasteiger partial charge on any atom is 0.321 e. The van der Waals surface area contributed by atoms with Crippen LogP contribution in [0.4, 0.5) is 4.79 Å². The summed E-state index contributed by atoms with van der Waals surface area (Å²) in [5.74, 6) is -0.156. The molecule has 0 atom stereocenters. The second-order valence-corrected chi connectivity index (χ2v) is 6.54. The van der Waals surface area contributed by atoms with Gasteiger partial charge >= 0.3 is 6.03 Å². The quantitative estimate of drug-likeness (QED) is 0.796. The number of amides is 3. The van der Waals surface area contributed by atoms with Gasteiger partial charge in [-0.25, -0.2) is 9.78 Å². The molecule has 0 unspecified atom stereocenters. The van der Waals surface area contributed by atoms with Crippen LogP contribution in [0.2, 0.25) is 0 Å². The molecule has 22 heavy (non-hydrogen) atoms. The molecule has 0 fully saturated rings. The standard InChI is InChI=1S/C15H17N3O2S2/c1-2-8-16-14(20)18-13(19)10-22-15-17-12(9-21-15)11-6-4-3-5-7-11/h3-7,9H,2,8,10H2,1H3,(H2,16,18,19,20). The Labute approximate surface area is 137 Å². The van der Waals surface area contributed by atoms with Crippen molar-refractivity contribution in [2.24, 2.45) is 0 Å². The Hall–Kier alpha value is -1.86. The van der Waals surface area contributed by atoms with E-state index in [0.29, 0.717) is 6.54 Å². The number of benzene rings is 1. The van der Waals surface area contributed by atoms with Crippen LogP contribution < -0.4 is 10.6 Å². The van der Waals surface area contributed by atoms with E-state index in [1.54, 1.807) is 0 Å². The second-order valence-electron chi connectivity index (χ2n) is 4.46. The number of hydrogen-bond acceptors (Lipinski definition) is 5. The predicted octanol–water partition coefficient (Wildman–Crippen LogP) is 3.14. The van der Waals surface area contributed by atoms with Crippen molar-refractivity contribution in [1.29, 1.82) is 0 Å². The normalized spacial score (nSPS) is 10.2. The lowest BCUT2D eigenvalue weighted by Crippen LogP contribution is -2.40. The lowest BCUT2D eigenvalue weighted by molar-refractivity contribution is -0.117. The first kappa shape index (κ1) is 16.5. The van der Waals surface area contributed by atoms with Gasteiger partial charge in [-0.15, -0.1) is 11.3 Å². The van der Waals surface area contributed by atoms with E-state index < -0.39 is 6.03 Å². The number of nitrogens with one attached hydrogen (secondary N) is 2. The van der Waals surface area contributed by atoms with Crippen molar-refractivity contribution in [3.05, 3.63) is 35.7 Å². The van der Waals surface area contributed by atoms with Crippen LogP contribution in [-0.4, -0.2) is 29.2 Å². The van der Waals surface area contributed by atoms with Gasteiger partial charge in [0.15, 0.2) is 4.34 Å². The Morgan fingerprint density at radius 1 is 1.27 bits per heavy atom. The molecule has 1 aromatic heterocycles. The van der Waals surface area contributed by atoms with Crippen molar-refractivity contribution in [3.8, 4) is 11.3 Å². The summed E-state index contributed by atoms with van der Waals surface area (Å²) in [6.45, 7) is 2.50. The maximum atomic E-state index is 11.7. The van der Waals surface area contributed by atoms with Gasteiger partial charge in [-0.05, 0) is 6.42 Å². The zero-order valence-electron chi connectivity index (χ0n) is 12.2. The number of carbonyl (C=O) groups excluding carboxylic acids is 2. The molecule has 116 valence electrons. The van der Waals surface area contributed by atoms with E-state index in [4.69, 9.17) is 0 Å². The van der Waals surface area contributed by atoms with E-state index >= 15 is 0 Å². The molecule has 0 spiro atoms. The molecule has 3 amide bonds. The Kier molecular flexibility index (Phi) is 6.42. The van der Waals surface area contributed by atoms with E-state index in [0.717, 1.165) is 22.0 Å². The highest BCUT2D eigenvalue weighted by atomic mass is 32.2. The molecule has 0 saturated heterocycles. The number of thiazole rings is 1. The van der Waals surface area contributed by atoms with Crippen LogP contribution in [0.3, 0.4) is 0 Å². The van der Waals surface area contributed by atoms with Crippen LogP contribution in [0.25, 0.3) is 11.3 Å². The summed E-state index contributed by atoms with van der Waals surface area (Å²) in [5, 5.41) is 6.85. The van der Waals surface area contributed by atoms with Gasteiger partial charge < -0.3 is 5.32 Å². The van der Waals surface area contributed by atoms with Crippen molar-refractivity contribution in [1.82, 2.24) is 15.6 Å². The van der Waals surface area contributed by atoms with Crippen LogP contribution in [0.5, 0.6) is 0 Å².